The molecule has 316 valence electrons. The number of anilines is 3. The maximum atomic E-state index is 14.0. The van der Waals surface area contributed by atoms with Gasteiger partial charge in [0.2, 0.25) is 0 Å². The molecule has 1 amide bonds. The minimum atomic E-state index is -0.669. The van der Waals surface area contributed by atoms with Crippen molar-refractivity contribution in [3.8, 4) is 5.75 Å². The fraction of sp³-hybridized carbons (Fsp3) is 0.469. The first-order valence-electron chi connectivity index (χ1n) is 22.0. The molecule has 1 saturated carbocycles. The second-order valence-electron chi connectivity index (χ2n) is 17.7. The highest BCUT2D eigenvalue weighted by Gasteiger charge is 2.32. The fourth-order valence-electron chi connectivity index (χ4n) is 8.96. The summed E-state index contributed by atoms with van der Waals surface area (Å²) in [5.74, 6) is 2.85. The van der Waals surface area contributed by atoms with Gasteiger partial charge in [0.05, 0.1) is 16.8 Å². The van der Waals surface area contributed by atoms with Gasteiger partial charge in [0.15, 0.2) is 10.8 Å². The number of carbonyl (C=O) groups is 2. The van der Waals surface area contributed by atoms with E-state index in [4.69, 9.17) is 19.4 Å². The number of hydrogen-bond acceptors (Lipinski definition) is 10. The molecule has 0 bridgehead atoms. The van der Waals surface area contributed by atoms with Gasteiger partial charge in [-0.2, -0.15) is 0 Å². The van der Waals surface area contributed by atoms with Gasteiger partial charge in [-0.05, 0) is 130 Å². The van der Waals surface area contributed by atoms with Crippen molar-refractivity contribution in [2.45, 2.75) is 84.8 Å². The zero-order valence-corrected chi connectivity index (χ0v) is 36.8. The molecule has 2 unspecified atom stereocenters. The molecule has 2 aromatic heterocycles. The number of aryl methyl sites for hydroxylation is 1. The van der Waals surface area contributed by atoms with Gasteiger partial charge in [-0.3, -0.25) is 14.6 Å². The van der Waals surface area contributed by atoms with Crippen molar-refractivity contribution in [2.24, 2.45) is 11.8 Å². The molecule has 2 aliphatic heterocycles. The van der Waals surface area contributed by atoms with E-state index in [1.54, 1.807) is 11.9 Å². The molecule has 4 heterocycles. The number of amides is 1. The highest BCUT2D eigenvalue weighted by atomic mass is 32.1. The highest BCUT2D eigenvalue weighted by Crippen LogP contribution is 2.38. The van der Waals surface area contributed by atoms with Crippen molar-refractivity contribution in [1.29, 1.82) is 0 Å². The number of para-hydroxylation sites is 1. The first-order chi connectivity index (χ1) is 29.0. The Morgan fingerprint density at radius 2 is 1.65 bits per heavy atom. The van der Waals surface area contributed by atoms with Crippen molar-refractivity contribution in [3.63, 3.8) is 0 Å². The van der Waals surface area contributed by atoms with Gasteiger partial charge in [-0.1, -0.05) is 61.4 Å². The van der Waals surface area contributed by atoms with Crippen LogP contribution in [0.15, 0.2) is 78.9 Å². The lowest BCUT2D eigenvalue weighted by Crippen LogP contribution is -2.49. The van der Waals surface area contributed by atoms with E-state index in [0.717, 1.165) is 77.1 Å². The average Bonchev–Trinajstić information content (AvgIpc) is 3.69. The number of ether oxygens (including phenoxy) is 2. The Labute approximate surface area is 359 Å². The van der Waals surface area contributed by atoms with Crippen molar-refractivity contribution >= 4 is 50.1 Å². The van der Waals surface area contributed by atoms with Crippen LogP contribution in [0.5, 0.6) is 5.75 Å². The Bertz CT molecular complexity index is 2240. The molecular weight excluding hydrogens is 769 g/mol. The zero-order valence-electron chi connectivity index (χ0n) is 36.0. The highest BCUT2D eigenvalue weighted by molar-refractivity contribution is 7.22. The molecule has 0 radical (unpaired) electrons. The minimum absolute atomic E-state index is 0.100. The van der Waals surface area contributed by atoms with Crippen molar-refractivity contribution in [2.75, 3.05) is 67.6 Å². The number of fused-ring (bicyclic) bond motifs is 2. The van der Waals surface area contributed by atoms with Crippen LogP contribution in [0.25, 0.3) is 10.2 Å². The molecule has 60 heavy (non-hydrogen) atoms. The van der Waals surface area contributed by atoms with Crippen LogP contribution in [-0.4, -0.2) is 85.3 Å². The first kappa shape index (κ1) is 41.7. The van der Waals surface area contributed by atoms with E-state index in [-0.39, 0.29) is 5.91 Å². The molecule has 3 aromatic carbocycles. The summed E-state index contributed by atoms with van der Waals surface area (Å²) in [4.78, 5) is 46.3. The molecule has 0 spiro atoms. The number of carbonyl (C=O) groups excluding carboxylic acids is 2. The largest absolute Gasteiger partial charge is 0.494 e. The average molecular weight is 829 g/mol. The van der Waals surface area contributed by atoms with E-state index in [2.05, 4.69) is 52.0 Å². The number of hydrogen-bond donors (Lipinski definition) is 0. The normalized spacial score (nSPS) is 18.2. The third kappa shape index (κ3) is 9.63. The third-order valence-electron chi connectivity index (χ3n) is 12.4. The lowest BCUT2D eigenvalue weighted by atomic mass is 9.71. The molecule has 2 atom stereocenters. The van der Waals surface area contributed by atoms with E-state index < -0.39 is 11.6 Å². The Morgan fingerprint density at radius 3 is 2.38 bits per heavy atom. The van der Waals surface area contributed by atoms with Crippen LogP contribution >= 0.6 is 11.3 Å². The zero-order chi connectivity index (χ0) is 41.8. The second-order valence-corrected chi connectivity index (χ2v) is 18.8. The Hall–Kier alpha value is -5.00. The maximum absolute atomic E-state index is 14.0. The number of pyridine rings is 1. The summed E-state index contributed by atoms with van der Waals surface area (Å²) in [5, 5.41) is 0.660. The predicted octanol–water partition coefficient (Wildman–Crippen LogP) is 9.45. The summed E-state index contributed by atoms with van der Waals surface area (Å²) in [6.07, 6.45) is 7.62. The second kappa shape index (κ2) is 18.3. The van der Waals surface area contributed by atoms with Crippen molar-refractivity contribution in [1.82, 2.24) is 14.9 Å². The molecule has 3 aliphatic rings. The van der Waals surface area contributed by atoms with Gasteiger partial charge in [-0.25, -0.2) is 14.8 Å². The molecule has 2 fully saturated rings. The van der Waals surface area contributed by atoms with Crippen LogP contribution in [0.2, 0.25) is 0 Å². The summed E-state index contributed by atoms with van der Waals surface area (Å²) >= 11 is 1.51. The predicted molar refractivity (Wildman–Crippen MR) is 243 cm³/mol. The van der Waals surface area contributed by atoms with Gasteiger partial charge < -0.3 is 19.3 Å². The van der Waals surface area contributed by atoms with Gasteiger partial charge in [-0.15, -0.1) is 0 Å². The standard InChI is InChI=1S/C49H60N6O4S/c1-6-11-34-17-18-37(34)32-53-27-29-54(30-28-53)38-20-22-39(23-21-38)58-31-10-13-36-19-24-44(51-45(36)47(57)59-49(2,3)4)55-26-25-35-12-9-14-40(41(35)33-55)46(56)52(5)48-50-42-15-7-8-16-43(42)60-48/h7-9,12,14-16,19-24,34,37H,6,10-11,13,17-18,25-33H2,1-5H3. The van der Waals surface area contributed by atoms with Crippen LogP contribution in [0, 0.1) is 11.8 Å². The molecular formula is C49H60N6O4S. The quantitative estimate of drug-likeness (QED) is 0.0803. The lowest BCUT2D eigenvalue weighted by Gasteiger charge is -2.43. The van der Waals surface area contributed by atoms with E-state index in [1.165, 1.54) is 49.3 Å². The Balaban J connectivity index is 0.887. The Morgan fingerprint density at radius 1 is 0.867 bits per heavy atom. The summed E-state index contributed by atoms with van der Waals surface area (Å²) in [6, 6.07) is 26.4. The number of thiazole rings is 1. The number of nitrogens with zero attached hydrogens (tertiary/aromatic N) is 6. The SMILES string of the molecule is CCCC1CCC1CN1CCN(c2ccc(OCCCc3ccc(N4CCc5cccc(C(=O)N(C)c6nc7ccccc7s6)c5C4)nc3C(=O)OC(C)(C)C)cc2)CC1. The molecule has 11 heteroatoms. The van der Waals surface area contributed by atoms with Crippen LogP contribution in [0.4, 0.5) is 16.6 Å². The van der Waals surface area contributed by atoms with Crippen LogP contribution in [-0.2, 0) is 24.1 Å². The van der Waals surface area contributed by atoms with Gasteiger partial charge in [0.25, 0.3) is 5.91 Å². The maximum Gasteiger partial charge on any atom is 0.357 e. The Kier molecular flexibility index (Phi) is 12.7. The monoisotopic (exact) mass is 828 g/mol. The molecule has 0 N–H and O–H groups in total. The molecule has 8 rings (SSSR count). The molecule has 1 saturated heterocycles. The number of piperazine rings is 1. The number of rotatable bonds is 14. The van der Waals surface area contributed by atoms with Gasteiger partial charge >= 0.3 is 5.97 Å². The third-order valence-corrected chi connectivity index (χ3v) is 13.5. The summed E-state index contributed by atoms with van der Waals surface area (Å²) in [6.45, 7) is 15.3. The summed E-state index contributed by atoms with van der Waals surface area (Å²) in [5.41, 5.74) is 5.38. The number of aromatic nitrogens is 2. The van der Waals surface area contributed by atoms with Gasteiger partial charge in [0.1, 0.15) is 17.2 Å². The van der Waals surface area contributed by atoms with E-state index in [1.807, 2.05) is 69.3 Å². The topological polar surface area (TPSA) is 91.3 Å². The van der Waals surface area contributed by atoms with E-state index in [0.29, 0.717) is 54.7 Å². The lowest BCUT2D eigenvalue weighted by molar-refractivity contribution is 0.00613. The van der Waals surface area contributed by atoms with Gasteiger partial charge in [0, 0.05) is 64.1 Å². The summed E-state index contributed by atoms with van der Waals surface area (Å²) < 4.78 is 13.1. The van der Waals surface area contributed by atoms with Crippen molar-refractivity contribution < 1.29 is 19.1 Å². The van der Waals surface area contributed by atoms with Crippen molar-refractivity contribution in [3.05, 3.63) is 107 Å². The fourth-order valence-corrected chi connectivity index (χ4v) is 9.89. The van der Waals surface area contributed by atoms with Crippen LogP contribution in [0.1, 0.15) is 97.3 Å². The summed E-state index contributed by atoms with van der Waals surface area (Å²) in [7, 11) is 1.79. The number of esters is 1. The van der Waals surface area contributed by atoms with E-state index >= 15 is 0 Å². The molecule has 1 aliphatic carbocycles. The minimum Gasteiger partial charge on any atom is -0.494 e. The van der Waals surface area contributed by atoms with Crippen LogP contribution < -0.4 is 19.4 Å². The van der Waals surface area contributed by atoms with Crippen LogP contribution in [0.3, 0.4) is 0 Å². The smallest absolute Gasteiger partial charge is 0.357 e. The molecule has 10 nitrogen and oxygen atoms in total. The first-order valence-corrected chi connectivity index (χ1v) is 22.8. The molecule has 5 aromatic rings. The van der Waals surface area contributed by atoms with E-state index in [9.17, 15) is 9.59 Å². The number of benzene rings is 3.